The van der Waals surface area contributed by atoms with Gasteiger partial charge in [-0.2, -0.15) is 5.10 Å². The van der Waals surface area contributed by atoms with E-state index in [2.05, 4.69) is 44.7 Å². The molecule has 15 heavy (non-hydrogen) atoms. The summed E-state index contributed by atoms with van der Waals surface area (Å²) in [5, 5.41) is 4.27. The number of rotatable bonds is 5. The molecule has 0 bridgehead atoms. The van der Waals surface area contributed by atoms with Crippen molar-refractivity contribution in [3.05, 3.63) is 12.7 Å². The van der Waals surface area contributed by atoms with E-state index in [9.17, 15) is 0 Å². The molecule has 1 aromatic rings. The molecule has 0 aromatic carbocycles. The highest BCUT2D eigenvalue weighted by Crippen LogP contribution is 2.40. The van der Waals surface area contributed by atoms with Gasteiger partial charge in [0, 0.05) is 0 Å². The van der Waals surface area contributed by atoms with Gasteiger partial charge in [0.05, 0.1) is 5.54 Å². The van der Waals surface area contributed by atoms with Crippen molar-refractivity contribution in [2.24, 2.45) is 5.41 Å². The van der Waals surface area contributed by atoms with E-state index < -0.39 is 0 Å². The van der Waals surface area contributed by atoms with Gasteiger partial charge >= 0.3 is 0 Å². The van der Waals surface area contributed by atoms with Gasteiger partial charge in [-0.3, -0.25) is 0 Å². The predicted molar refractivity (Wildman–Crippen MR) is 62.7 cm³/mol. The highest BCUT2D eigenvalue weighted by molar-refractivity contribution is 4.90. The van der Waals surface area contributed by atoms with Crippen LogP contribution in [0.25, 0.3) is 0 Å². The molecule has 1 heterocycles. The Balaban J connectivity index is 2.84. The van der Waals surface area contributed by atoms with E-state index in [1.807, 2.05) is 11.0 Å². The van der Waals surface area contributed by atoms with E-state index in [0.717, 1.165) is 0 Å². The maximum Gasteiger partial charge on any atom is 0.137 e. The molecule has 0 amide bonds. The van der Waals surface area contributed by atoms with Crippen molar-refractivity contribution in [1.29, 1.82) is 0 Å². The molecule has 0 saturated carbocycles. The minimum Gasteiger partial charge on any atom is -0.247 e. The molecule has 0 aliphatic carbocycles. The van der Waals surface area contributed by atoms with Crippen molar-refractivity contribution in [3.8, 4) is 0 Å². The van der Waals surface area contributed by atoms with E-state index in [1.54, 1.807) is 6.33 Å². The Labute approximate surface area is 92.9 Å². The molecule has 0 aliphatic rings. The Hall–Kier alpha value is -0.860. The lowest BCUT2D eigenvalue weighted by Crippen LogP contribution is -2.42. The van der Waals surface area contributed by atoms with E-state index in [1.165, 1.54) is 19.3 Å². The molecule has 1 aromatic heterocycles. The van der Waals surface area contributed by atoms with Crippen molar-refractivity contribution in [2.75, 3.05) is 0 Å². The fraction of sp³-hybridized carbons (Fsp3) is 0.833. The third-order valence-electron chi connectivity index (χ3n) is 3.80. The van der Waals surface area contributed by atoms with Crippen LogP contribution >= 0.6 is 0 Å². The molecule has 0 fully saturated rings. The molecule has 0 aliphatic heterocycles. The summed E-state index contributed by atoms with van der Waals surface area (Å²) in [6.45, 7) is 11.3. The molecule has 0 saturated heterocycles. The molecule has 0 radical (unpaired) electrons. The van der Waals surface area contributed by atoms with Gasteiger partial charge in [-0.1, -0.05) is 33.6 Å². The number of aromatic nitrogens is 3. The maximum absolute atomic E-state index is 4.27. The summed E-state index contributed by atoms with van der Waals surface area (Å²) in [5.74, 6) is 0. The minimum absolute atomic E-state index is 0.0126. The molecule has 3 nitrogen and oxygen atoms in total. The number of unbranched alkanes of at least 4 members (excludes halogenated alkanes) is 1. The fourth-order valence-electron chi connectivity index (χ4n) is 1.73. The first-order chi connectivity index (χ1) is 6.92. The predicted octanol–water partition coefficient (Wildman–Crippen LogP) is 3.23. The largest absolute Gasteiger partial charge is 0.247 e. The third-order valence-corrected chi connectivity index (χ3v) is 3.80. The van der Waals surface area contributed by atoms with Gasteiger partial charge in [-0.15, -0.1) is 0 Å². The standard InChI is InChI=1S/C12H23N3/c1-6-7-8-11(2,3)12(4,5)15-10-13-9-14-15/h9-10H,6-8H2,1-5H3. The summed E-state index contributed by atoms with van der Waals surface area (Å²) in [5.41, 5.74) is 0.245. The highest BCUT2D eigenvalue weighted by Gasteiger charge is 2.38. The minimum atomic E-state index is 0.0126. The molecule has 0 spiro atoms. The smallest absolute Gasteiger partial charge is 0.137 e. The second-order valence-electron chi connectivity index (χ2n) is 5.39. The zero-order chi connectivity index (χ0) is 11.5. The van der Waals surface area contributed by atoms with Crippen molar-refractivity contribution in [1.82, 2.24) is 14.8 Å². The molecule has 86 valence electrons. The molecule has 1 rings (SSSR count). The number of hydrogen-bond acceptors (Lipinski definition) is 2. The molecular weight excluding hydrogens is 186 g/mol. The first-order valence-electron chi connectivity index (χ1n) is 5.77. The van der Waals surface area contributed by atoms with Gasteiger partial charge < -0.3 is 0 Å². The average Bonchev–Trinajstić information content (AvgIpc) is 2.67. The Morgan fingerprint density at radius 3 is 2.33 bits per heavy atom. The van der Waals surface area contributed by atoms with Gasteiger partial charge in [-0.25, -0.2) is 9.67 Å². The summed E-state index contributed by atoms with van der Waals surface area (Å²) in [6, 6.07) is 0. The second kappa shape index (κ2) is 4.33. The Kier molecular flexibility index (Phi) is 3.53. The average molecular weight is 209 g/mol. The molecule has 0 unspecified atom stereocenters. The van der Waals surface area contributed by atoms with Crippen molar-refractivity contribution >= 4 is 0 Å². The van der Waals surface area contributed by atoms with Crippen LogP contribution in [0.5, 0.6) is 0 Å². The van der Waals surface area contributed by atoms with Crippen LogP contribution in [0.4, 0.5) is 0 Å². The van der Waals surface area contributed by atoms with Crippen LogP contribution in [0.1, 0.15) is 53.9 Å². The Bertz CT molecular complexity index is 286. The van der Waals surface area contributed by atoms with Gasteiger partial charge in [0.2, 0.25) is 0 Å². The van der Waals surface area contributed by atoms with Crippen molar-refractivity contribution in [2.45, 2.75) is 59.4 Å². The zero-order valence-electron chi connectivity index (χ0n) is 10.6. The monoisotopic (exact) mass is 209 g/mol. The quantitative estimate of drug-likeness (QED) is 0.745. The molecule has 3 heteroatoms. The first kappa shape index (κ1) is 12.2. The molecule has 0 atom stereocenters. The lowest BCUT2D eigenvalue weighted by Gasteiger charge is -2.41. The highest BCUT2D eigenvalue weighted by atomic mass is 15.4. The summed E-state index contributed by atoms with van der Waals surface area (Å²) >= 11 is 0. The first-order valence-corrected chi connectivity index (χ1v) is 5.77. The zero-order valence-corrected chi connectivity index (χ0v) is 10.6. The lowest BCUT2D eigenvalue weighted by atomic mass is 9.71. The number of nitrogens with zero attached hydrogens (tertiary/aromatic N) is 3. The van der Waals surface area contributed by atoms with Crippen molar-refractivity contribution < 1.29 is 0 Å². The van der Waals surface area contributed by atoms with E-state index in [0.29, 0.717) is 0 Å². The van der Waals surface area contributed by atoms with Crippen LogP contribution < -0.4 is 0 Å². The topological polar surface area (TPSA) is 30.7 Å². The summed E-state index contributed by atoms with van der Waals surface area (Å²) < 4.78 is 1.97. The normalized spacial score (nSPS) is 13.1. The van der Waals surface area contributed by atoms with Crippen LogP contribution in [0.2, 0.25) is 0 Å². The van der Waals surface area contributed by atoms with Gasteiger partial charge in [0.1, 0.15) is 12.7 Å². The van der Waals surface area contributed by atoms with E-state index in [-0.39, 0.29) is 11.0 Å². The summed E-state index contributed by atoms with van der Waals surface area (Å²) in [4.78, 5) is 4.03. The van der Waals surface area contributed by atoms with Gasteiger partial charge in [-0.05, 0) is 25.7 Å². The van der Waals surface area contributed by atoms with E-state index in [4.69, 9.17) is 0 Å². The SMILES string of the molecule is CCCCC(C)(C)C(C)(C)n1cncn1. The second-order valence-corrected chi connectivity index (χ2v) is 5.39. The third kappa shape index (κ3) is 2.39. The van der Waals surface area contributed by atoms with Crippen LogP contribution in [0.3, 0.4) is 0 Å². The van der Waals surface area contributed by atoms with E-state index >= 15 is 0 Å². The molecular formula is C12H23N3. The summed E-state index contributed by atoms with van der Waals surface area (Å²) in [6.07, 6.45) is 7.16. The molecule has 0 N–H and O–H groups in total. The van der Waals surface area contributed by atoms with Crippen LogP contribution in [-0.4, -0.2) is 14.8 Å². The number of hydrogen-bond donors (Lipinski definition) is 0. The maximum atomic E-state index is 4.27. The Morgan fingerprint density at radius 1 is 1.20 bits per heavy atom. The Morgan fingerprint density at radius 2 is 1.87 bits per heavy atom. The van der Waals surface area contributed by atoms with Gasteiger partial charge in [0.15, 0.2) is 0 Å². The van der Waals surface area contributed by atoms with Crippen molar-refractivity contribution in [3.63, 3.8) is 0 Å². The summed E-state index contributed by atoms with van der Waals surface area (Å²) in [7, 11) is 0. The van der Waals surface area contributed by atoms with Crippen LogP contribution in [0, 0.1) is 5.41 Å². The lowest BCUT2D eigenvalue weighted by molar-refractivity contribution is 0.0905. The van der Waals surface area contributed by atoms with Gasteiger partial charge in [0.25, 0.3) is 0 Å². The van der Waals surface area contributed by atoms with Crippen LogP contribution in [-0.2, 0) is 5.54 Å². The van der Waals surface area contributed by atoms with Crippen LogP contribution in [0.15, 0.2) is 12.7 Å². The fourth-order valence-corrected chi connectivity index (χ4v) is 1.73.